The molecule has 1 heterocycles. The molecule has 0 amide bonds. The topological polar surface area (TPSA) is 42.6 Å². The SMILES string of the molecule is COc1ccc(C(O)c2cc(Br)c(Br)o2)cc1. The summed E-state index contributed by atoms with van der Waals surface area (Å²) in [5.41, 5.74) is 0.750. The number of rotatable bonds is 3. The number of benzene rings is 1. The third kappa shape index (κ3) is 2.73. The molecular weight excluding hydrogens is 352 g/mol. The van der Waals surface area contributed by atoms with Crippen LogP contribution >= 0.6 is 31.9 Å². The predicted octanol–water partition coefficient (Wildman–Crippen LogP) is 3.89. The highest BCUT2D eigenvalue weighted by Crippen LogP contribution is 2.32. The molecule has 1 atom stereocenters. The van der Waals surface area contributed by atoms with Crippen molar-refractivity contribution in [3.63, 3.8) is 0 Å². The molecule has 1 aromatic heterocycles. The lowest BCUT2D eigenvalue weighted by Gasteiger charge is -2.08. The number of methoxy groups -OCH3 is 1. The molecule has 0 bridgehead atoms. The zero-order valence-corrected chi connectivity index (χ0v) is 12.2. The summed E-state index contributed by atoms with van der Waals surface area (Å²) in [7, 11) is 1.60. The average Bonchev–Trinajstić information content (AvgIpc) is 2.69. The van der Waals surface area contributed by atoms with E-state index in [1.807, 2.05) is 0 Å². The maximum absolute atomic E-state index is 10.1. The molecule has 0 radical (unpaired) electrons. The van der Waals surface area contributed by atoms with Crippen LogP contribution in [0.3, 0.4) is 0 Å². The van der Waals surface area contributed by atoms with E-state index < -0.39 is 6.10 Å². The van der Waals surface area contributed by atoms with Gasteiger partial charge in [0, 0.05) is 0 Å². The normalized spacial score (nSPS) is 12.5. The standard InChI is InChI=1S/C12H10Br2O3/c1-16-8-4-2-7(3-5-8)11(15)10-6-9(13)12(14)17-10/h2-6,11,15H,1H3. The van der Waals surface area contributed by atoms with Gasteiger partial charge in [0.15, 0.2) is 4.67 Å². The van der Waals surface area contributed by atoms with E-state index in [0.717, 1.165) is 15.8 Å². The van der Waals surface area contributed by atoms with Gasteiger partial charge in [-0.15, -0.1) is 0 Å². The van der Waals surface area contributed by atoms with Crippen LogP contribution in [0.4, 0.5) is 0 Å². The number of halogens is 2. The van der Waals surface area contributed by atoms with Crippen molar-refractivity contribution in [1.82, 2.24) is 0 Å². The Hall–Kier alpha value is -0.780. The fourth-order valence-corrected chi connectivity index (χ4v) is 2.06. The zero-order chi connectivity index (χ0) is 12.4. The first-order chi connectivity index (χ1) is 8.11. The molecule has 0 aliphatic rings. The van der Waals surface area contributed by atoms with E-state index in [0.29, 0.717) is 10.4 Å². The smallest absolute Gasteiger partial charge is 0.183 e. The Bertz CT molecular complexity index is 485. The van der Waals surface area contributed by atoms with Crippen LogP contribution in [-0.4, -0.2) is 12.2 Å². The molecule has 0 aliphatic heterocycles. The number of hydrogen-bond acceptors (Lipinski definition) is 3. The maximum Gasteiger partial charge on any atom is 0.183 e. The van der Waals surface area contributed by atoms with Crippen LogP contribution in [-0.2, 0) is 0 Å². The monoisotopic (exact) mass is 360 g/mol. The van der Waals surface area contributed by atoms with Gasteiger partial charge in [-0.2, -0.15) is 0 Å². The van der Waals surface area contributed by atoms with Gasteiger partial charge in [-0.25, -0.2) is 0 Å². The molecule has 90 valence electrons. The average molecular weight is 362 g/mol. The van der Waals surface area contributed by atoms with Crippen LogP contribution in [0.15, 0.2) is 43.9 Å². The second-order valence-electron chi connectivity index (χ2n) is 3.45. The minimum absolute atomic E-state index is 0.480. The first-order valence-corrected chi connectivity index (χ1v) is 6.47. The second kappa shape index (κ2) is 5.25. The van der Waals surface area contributed by atoms with E-state index in [1.54, 1.807) is 37.4 Å². The van der Waals surface area contributed by atoms with E-state index in [4.69, 9.17) is 9.15 Å². The second-order valence-corrected chi connectivity index (χ2v) is 5.02. The molecule has 1 unspecified atom stereocenters. The maximum atomic E-state index is 10.1. The summed E-state index contributed by atoms with van der Waals surface area (Å²) < 4.78 is 11.8. The van der Waals surface area contributed by atoms with E-state index in [2.05, 4.69) is 31.9 Å². The van der Waals surface area contributed by atoms with Crippen molar-refractivity contribution in [3.05, 3.63) is 50.8 Å². The zero-order valence-electron chi connectivity index (χ0n) is 8.98. The molecule has 1 N–H and O–H groups in total. The van der Waals surface area contributed by atoms with Gasteiger partial charge < -0.3 is 14.3 Å². The van der Waals surface area contributed by atoms with E-state index in [-0.39, 0.29) is 0 Å². The Morgan fingerprint density at radius 1 is 1.24 bits per heavy atom. The highest BCUT2D eigenvalue weighted by molar-refractivity contribution is 9.13. The number of hydrogen-bond donors (Lipinski definition) is 1. The van der Waals surface area contributed by atoms with Crippen LogP contribution in [0, 0.1) is 0 Å². The summed E-state index contributed by atoms with van der Waals surface area (Å²) in [5.74, 6) is 1.23. The molecule has 0 saturated heterocycles. The van der Waals surface area contributed by atoms with Gasteiger partial charge in [-0.3, -0.25) is 0 Å². The minimum Gasteiger partial charge on any atom is -0.497 e. The highest BCUT2D eigenvalue weighted by Gasteiger charge is 2.16. The van der Waals surface area contributed by atoms with Crippen LogP contribution < -0.4 is 4.74 Å². The molecule has 0 saturated carbocycles. The van der Waals surface area contributed by atoms with Crippen molar-refractivity contribution in [2.24, 2.45) is 0 Å². The summed E-state index contributed by atoms with van der Waals surface area (Å²) in [6.07, 6.45) is -0.788. The number of aliphatic hydroxyl groups is 1. The summed E-state index contributed by atoms with van der Waals surface area (Å²) in [6.45, 7) is 0. The molecule has 5 heteroatoms. The lowest BCUT2D eigenvalue weighted by molar-refractivity contribution is 0.187. The molecule has 0 spiro atoms. The van der Waals surface area contributed by atoms with Gasteiger partial charge in [-0.1, -0.05) is 12.1 Å². The summed E-state index contributed by atoms with van der Waals surface area (Å²) in [6, 6.07) is 8.93. The first-order valence-electron chi connectivity index (χ1n) is 4.88. The van der Waals surface area contributed by atoms with E-state index in [9.17, 15) is 5.11 Å². The minimum atomic E-state index is -0.788. The van der Waals surface area contributed by atoms with Crippen molar-refractivity contribution in [2.45, 2.75) is 6.10 Å². The van der Waals surface area contributed by atoms with Crippen LogP contribution in [0.2, 0.25) is 0 Å². The molecule has 2 aromatic rings. The van der Waals surface area contributed by atoms with Crippen LogP contribution in [0.25, 0.3) is 0 Å². The lowest BCUT2D eigenvalue weighted by Crippen LogP contribution is -1.97. The molecule has 1 aromatic carbocycles. The van der Waals surface area contributed by atoms with Crippen molar-refractivity contribution in [3.8, 4) is 5.75 Å². The summed E-state index contributed by atoms with van der Waals surface area (Å²) >= 11 is 6.54. The summed E-state index contributed by atoms with van der Waals surface area (Å²) in [4.78, 5) is 0. The van der Waals surface area contributed by atoms with Crippen molar-refractivity contribution in [1.29, 1.82) is 0 Å². The molecule has 0 fully saturated rings. The number of ether oxygens (including phenoxy) is 1. The fraction of sp³-hybridized carbons (Fsp3) is 0.167. The van der Waals surface area contributed by atoms with Gasteiger partial charge >= 0.3 is 0 Å². The van der Waals surface area contributed by atoms with Gasteiger partial charge in [-0.05, 0) is 55.6 Å². The third-order valence-corrected chi connectivity index (χ3v) is 4.08. The van der Waals surface area contributed by atoms with Crippen LogP contribution in [0.5, 0.6) is 5.75 Å². The van der Waals surface area contributed by atoms with E-state index >= 15 is 0 Å². The van der Waals surface area contributed by atoms with Gasteiger partial charge in [0.25, 0.3) is 0 Å². The predicted molar refractivity (Wildman–Crippen MR) is 71.2 cm³/mol. The Balaban J connectivity index is 2.26. The van der Waals surface area contributed by atoms with E-state index in [1.165, 1.54) is 0 Å². The molecule has 17 heavy (non-hydrogen) atoms. The molecular formula is C12H10Br2O3. The van der Waals surface area contributed by atoms with Crippen molar-refractivity contribution >= 4 is 31.9 Å². The quantitative estimate of drug-likeness (QED) is 0.901. The Labute approximate surface area is 116 Å². The Kier molecular flexibility index (Phi) is 3.91. The van der Waals surface area contributed by atoms with Gasteiger partial charge in [0.1, 0.15) is 17.6 Å². The largest absolute Gasteiger partial charge is 0.497 e. The third-order valence-electron chi connectivity index (χ3n) is 2.37. The van der Waals surface area contributed by atoms with Crippen molar-refractivity contribution in [2.75, 3.05) is 7.11 Å². The van der Waals surface area contributed by atoms with Crippen molar-refractivity contribution < 1.29 is 14.3 Å². The lowest BCUT2D eigenvalue weighted by atomic mass is 10.1. The Morgan fingerprint density at radius 2 is 1.88 bits per heavy atom. The summed E-state index contributed by atoms with van der Waals surface area (Å²) in [5, 5.41) is 10.1. The van der Waals surface area contributed by atoms with Gasteiger partial charge in [0.2, 0.25) is 0 Å². The fourth-order valence-electron chi connectivity index (χ4n) is 1.45. The highest BCUT2D eigenvalue weighted by atomic mass is 79.9. The molecule has 2 rings (SSSR count). The Morgan fingerprint density at radius 3 is 2.35 bits per heavy atom. The van der Waals surface area contributed by atoms with Gasteiger partial charge in [0.05, 0.1) is 11.6 Å². The number of furan rings is 1. The number of aliphatic hydroxyl groups excluding tert-OH is 1. The van der Waals surface area contributed by atoms with Crippen LogP contribution in [0.1, 0.15) is 17.4 Å². The first kappa shape index (κ1) is 12.7. The molecule has 3 nitrogen and oxygen atoms in total. The molecule has 0 aliphatic carbocycles.